The molecule has 0 bridgehead atoms. The quantitative estimate of drug-likeness (QED) is 0.665. The lowest BCUT2D eigenvalue weighted by Gasteiger charge is -2.17. The normalized spacial score (nSPS) is 13.0. The lowest BCUT2D eigenvalue weighted by Crippen LogP contribution is -2.09. The molecule has 6 heteroatoms. The third-order valence-electron chi connectivity index (χ3n) is 2.96. The van der Waals surface area contributed by atoms with Crippen LogP contribution < -0.4 is 10.5 Å². The average Bonchev–Trinajstić information content (AvgIpc) is 2.40. The first-order chi connectivity index (χ1) is 9.77. The fourth-order valence-electron chi connectivity index (χ4n) is 1.83. The van der Waals surface area contributed by atoms with Crippen LogP contribution in [0.25, 0.3) is 0 Å². The largest absolute Gasteiger partial charge is 0.486 e. The highest BCUT2D eigenvalue weighted by atomic mass is 19.4. The molecule has 1 atom stereocenters. The Morgan fingerprint density at radius 2 is 1.67 bits per heavy atom. The predicted molar refractivity (Wildman–Crippen MR) is 71.3 cm³/mol. The summed E-state index contributed by atoms with van der Waals surface area (Å²) in [6.45, 7) is 1.68. The van der Waals surface area contributed by atoms with Gasteiger partial charge < -0.3 is 10.5 Å². The van der Waals surface area contributed by atoms with Crippen LogP contribution in [0.5, 0.6) is 5.75 Å². The van der Waals surface area contributed by atoms with Crippen LogP contribution in [0.1, 0.15) is 24.2 Å². The maximum absolute atomic E-state index is 13.2. The van der Waals surface area contributed by atoms with Crippen molar-refractivity contribution in [2.45, 2.75) is 19.2 Å². The van der Waals surface area contributed by atoms with Crippen LogP contribution in [0.15, 0.2) is 42.5 Å². The molecule has 0 aliphatic carbocycles. The van der Waals surface area contributed by atoms with Gasteiger partial charge in [-0.25, -0.2) is 4.39 Å². The molecule has 0 spiro atoms. The van der Waals surface area contributed by atoms with Gasteiger partial charge in [-0.3, -0.25) is 0 Å². The van der Waals surface area contributed by atoms with Gasteiger partial charge in [0.2, 0.25) is 0 Å². The van der Waals surface area contributed by atoms with Crippen molar-refractivity contribution in [1.82, 2.24) is 0 Å². The summed E-state index contributed by atoms with van der Waals surface area (Å²) in [7, 11) is 0. The standard InChI is InChI=1S/C15H13F4NO/c1-9(10-2-4-11(20)5-3-10)21-12-6-7-14(16)13(8-12)15(17,18)19/h2-9H,20H2,1H3. The Morgan fingerprint density at radius 3 is 2.24 bits per heavy atom. The van der Waals surface area contributed by atoms with E-state index < -0.39 is 23.7 Å². The van der Waals surface area contributed by atoms with Crippen molar-refractivity contribution in [3.8, 4) is 5.75 Å². The van der Waals surface area contributed by atoms with Crippen LogP contribution in [0.2, 0.25) is 0 Å². The summed E-state index contributed by atoms with van der Waals surface area (Å²) in [6, 6.07) is 9.33. The number of benzene rings is 2. The molecule has 0 aromatic heterocycles. The minimum Gasteiger partial charge on any atom is -0.486 e. The van der Waals surface area contributed by atoms with E-state index in [4.69, 9.17) is 10.5 Å². The molecular weight excluding hydrogens is 286 g/mol. The number of alkyl halides is 3. The molecule has 21 heavy (non-hydrogen) atoms. The summed E-state index contributed by atoms with van der Waals surface area (Å²) in [5.41, 5.74) is 5.54. The average molecular weight is 299 g/mol. The molecule has 0 heterocycles. The zero-order valence-corrected chi connectivity index (χ0v) is 11.1. The zero-order chi connectivity index (χ0) is 15.6. The van der Waals surface area contributed by atoms with Crippen LogP contribution in [0.4, 0.5) is 23.2 Å². The summed E-state index contributed by atoms with van der Waals surface area (Å²) in [6.07, 6.45) is -5.24. The van der Waals surface area contributed by atoms with Gasteiger partial charge in [-0.05, 0) is 42.8 Å². The first kappa shape index (κ1) is 15.2. The van der Waals surface area contributed by atoms with Gasteiger partial charge in [0.15, 0.2) is 0 Å². The number of nitrogens with two attached hydrogens (primary N) is 1. The van der Waals surface area contributed by atoms with Gasteiger partial charge in [-0.15, -0.1) is 0 Å². The van der Waals surface area contributed by atoms with E-state index >= 15 is 0 Å². The number of ether oxygens (including phenoxy) is 1. The summed E-state index contributed by atoms with van der Waals surface area (Å²) >= 11 is 0. The maximum atomic E-state index is 13.2. The van der Waals surface area contributed by atoms with Gasteiger partial charge in [0.1, 0.15) is 17.7 Å². The summed E-state index contributed by atoms with van der Waals surface area (Å²) in [5, 5.41) is 0. The number of halogens is 4. The van der Waals surface area contributed by atoms with E-state index in [1.807, 2.05) is 0 Å². The molecule has 0 fully saturated rings. The highest BCUT2D eigenvalue weighted by molar-refractivity contribution is 5.40. The lowest BCUT2D eigenvalue weighted by atomic mass is 10.1. The van der Waals surface area contributed by atoms with Gasteiger partial charge >= 0.3 is 6.18 Å². The predicted octanol–water partition coefficient (Wildman–Crippen LogP) is 4.57. The smallest absolute Gasteiger partial charge is 0.419 e. The molecular formula is C15H13F4NO. The topological polar surface area (TPSA) is 35.2 Å². The minimum atomic E-state index is -4.76. The van der Waals surface area contributed by atoms with Gasteiger partial charge in [-0.2, -0.15) is 13.2 Å². The molecule has 1 unspecified atom stereocenters. The first-order valence-corrected chi connectivity index (χ1v) is 6.16. The number of anilines is 1. The molecule has 0 aliphatic rings. The van der Waals surface area contributed by atoms with Crippen molar-refractivity contribution in [3.05, 3.63) is 59.4 Å². The van der Waals surface area contributed by atoms with Crippen molar-refractivity contribution in [3.63, 3.8) is 0 Å². The molecule has 2 nitrogen and oxygen atoms in total. The Labute approximate surface area is 119 Å². The van der Waals surface area contributed by atoms with Crippen molar-refractivity contribution < 1.29 is 22.3 Å². The van der Waals surface area contributed by atoms with Crippen LogP contribution in [-0.2, 0) is 6.18 Å². The third-order valence-corrected chi connectivity index (χ3v) is 2.96. The van der Waals surface area contributed by atoms with E-state index in [2.05, 4.69) is 0 Å². The van der Waals surface area contributed by atoms with E-state index in [0.29, 0.717) is 11.8 Å². The van der Waals surface area contributed by atoms with E-state index in [-0.39, 0.29) is 5.75 Å². The van der Waals surface area contributed by atoms with Crippen molar-refractivity contribution in [2.75, 3.05) is 5.73 Å². The number of rotatable bonds is 3. The molecule has 0 saturated carbocycles. The van der Waals surface area contributed by atoms with Crippen LogP contribution in [0, 0.1) is 5.82 Å². The minimum absolute atomic E-state index is 0.0481. The molecule has 2 aromatic carbocycles. The van der Waals surface area contributed by atoms with Gasteiger partial charge in [0.05, 0.1) is 5.56 Å². The van der Waals surface area contributed by atoms with Crippen molar-refractivity contribution >= 4 is 5.69 Å². The Bertz CT molecular complexity index is 623. The SMILES string of the molecule is CC(Oc1ccc(F)c(C(F)(F)F)c1)c1ccc(N)cc1. The Hall–Kier alpha value is -2.24. The monoisotopic (exact) mass is 299 g/mol. The molecule has 2 rings (SSSR count). The molecule has 0 saturated heterocycles. The highest BCUT2D eigenvalue weighted by Gasteiger charge is 2.34. The second kappa shape index (κ2) is 5.63. The number of hydrogen-bond donors (Lipinski definition) is 1. The zero-order valence-electron chi connectivity index (χ0n) is 11.1. The second-order valence-corrected chi connectivity index (χ2v) is 4.57. The second-order valence-electron chi connectivity index (χ2n) is 4.57. The maximum Gasteiger partial charge on any atom is 0.419 e. The van der Waals surface area contributed by atoms with Gasteiger partial charge in [0, 0.05) is 5.69 Å². The fraction of sp³-hybridized carbons (Fsp3) is 0.200. The lowest BCUT2D eigenvalue weighted by molar-refractivity contribution is -0.140. The molecule has 112 valence electrons. The van der Waals surface area contributed by atoms with Gasteiger partial charge in [-0.1, -0.05) is 12.1 Å². The number of nitrogen functional groups attached to an aromatic ring is 1. The Morgan fingerprint density at radius 1 is 1.05 bits per heavy atom. The van der Waals surface area contributed by atoms with Crippen molar-refractivity contribution in [1.29, 1.82) is 0 Å². The van der Waals surface area contributed by atoms with Crippen LogP contribution in [0.3, 0.4) is 0 Å². The third kappa shape index (κ3) is 3.65. The fourth-order valence-corrected chi connectivity index (χ4v) is 1.83. The molecule has 0 amide bonds. The molecule has 2 N–H and O–H groups in total. The molecule has 0 radical (unpaired) electrons. The summed E-state index contributed by atoms with van der Waals surface area (Å²) in [4.78, 5) is 0. The first-order valence-electron chi connectivity index (χ1n) is 6.16. The van der Waals surface area contributed by atoms with Crippen LogP contribution in [-0.4, -0.2) is 0 Å². The van der Waals surface area contributed by atoms with E-state index in [9.17, 15) is 17.6 Å². The summed E-state index contributed by atoms with van der Waals surface area (Å²) < 4.78 is 56.5. The molecule has 2 aromatic rings. The van der Waals surface area contributed by atoms with E-state index in [1.165, 1.54) is 6.07 Å². The Kier molecular flexibility index (Phi) is 4.06. The molecule has 0 aliphatic heterocycles. The number of hydrogen-bond acceptors (Lipinski definition) is 2. The van der Waals surface area contributed by atoms with Crippen LogP contribution >= 0.6 is 0 Å². The Balaban J connectivity index is 2.21. The van der Waals surface area contributed by atoms with Gasteiger partial charge in [0.25, 0.3) is 0 Å². The summed E-state index contributed by atoms with van der Waals surface area (Å²) in [5.74, 6) is -1.37. The van der Waals surface area contributed by atoms with E-state index in [0.717, 1.165) is 11.6 Å². The van der Waals surface area contributed by atoms with E-state index in [1.54, 1.807) is 31.2 Å². The highest BCUT2D eigenvalue weighted by Crippen LogP contribution is 2.34. The van der Waals surface area contributed by atoms with Crippen molar-refractivity contribution in [2.24, 2.45) is 0 Å².